The lowest BCUT2D eigenvalue weighted by Crippen LogP contribution is -2.12. The van der Waals surface area contributed by atoms with Crippen LogP contribution in [0.25, 0.3) is 6.08 Å². The van der Waals surface area contributed by atoms with E-state index in [2.05, 4.69) is 17.3 Å². The van der Waals surface area contributed by atoms with Crippen LogP contribution in [0.15, 0.2) is 30.6 Å². The molecule has 0 bridgehead atoms. The van der Waals surface area contributed by atoms with Gasteiger partial charge in [-0.1, -0.05) is 31.5 Å². The Morgan fingerprint density at radius 2 is 2.14 bits per heavy atom. The predicted octanol–water partition coefficient (Wildman–Crippen LogP) is 3.85. The molecule has 2 aromatic rings. The van der Waals surface area contributed by atoms with Gasteiger partial charge in [0.1, 0.15) is 0 Å². The molecule has 0 spiro atoms. The Balaban J connectivity index is 2.20. The zero-order valence-electron chi connectivity index (χ0n) is 13.1. The topological polar surface area (TPSA) is 46.9 Å². The molecule has 1 heterocycles. The van der Waals surface area contributed by atoms with E-state index in [1.807, 2.05) is 32.3 Å². The summed E-state index contributed by atoms with van der Waals surface area (Å²) in [5.74, 6) is -0.171. The largest absolute Gasteiger partial charge is 0.322 e. The number of halogens is 1. The predicted molar refractivity (Wildman–Crippen MR) is 91.1 cm³/mol. The van der Waals surface area contributed by atoms with Gasteiger partial charge in [-0.15, -0.1) is 0 Å². The van der Waals surface area contributed by atoms with Crippen molar-refractivity contribution in [1.29, 1.82) is 0 Å². The SMILES string of the molecule is CCc1ccc(Cl)c(CC)c1NC(=O)C=Cc1cnn(C)c1. The average molecular weight is 318 g/mol. The highest BCUT2D eigenvalue weighted by Crippen LogP contribution is 2.29. The molecule has 2 rings (SSSR count). The van der Waals surface area contributed by atoms with E-state index in [9.17, 15) is 4.79 Å². The molecule has 1 amide bonds. The zero-order chi connectivity index (χ0) is 16.1. The number of benzene rings is 1. The first-order valence-electron chi connectivity index (χ1n) is 7.33. The highest BCUT2D eigenvalue weighted by molar-refractivity contribution is 6.32. The van der Waals surface area contributed by atoms with Crippen molar-refractivity contribution in [3.63, 3.8) is 0 Å². The fraction of sp³-hybridized carbons (Fsp3) is 0.294. The summed E-state index contributed by atoms with van der Waals surface area (Å²) in [6.45, 7) is 4.09. The van der Waals surface area contributed by atoms with Crippen LogP contribution in [0.5, 0.6) is 0 Å². The number of nitrogens with zero attached hydrogens (tertiary/aromatic N) is 2. The van der Waals surface area contributed by atoms with Crippen molar-refractivity contribution in [2.75, 3.05) is 5.32 Å². The maximum Gasteiger partial charge on any atom is 0.248 e. The number of hydrogen-bond acceptors (Lipinski definition) is 2. The van der Waals surface area contributed by atoms with Gasteiger partial charge in [-0.2, -0.15) is 5.10 Å². The number of carbonyl (C=O) groups excluding carboxylic acids is 1. The van der Waals surface area contributed by atoms with Crippen molar-refractivity contribution in [2.45, 2.75) is 26.7 Å². The number of rotatable bonds is 5. The summed E-state index contributed by atoms with van der Waals surface area (Å²) in [4.78, 5) is 12.2. The maximum absolute atomic E-state index is 12.2. The molecule has 1 aromatic heterocycles. The second-order valence-corrected chi connectivity index (χ2v) is 5.44. The summed E-state index contributed by atoms with van der Waals surface area (Å²) in [7, 11) is 1.84. The van der Waals surface area contributed by atoms with Gasteiger partial charge in [0, 0.05) is 35.6 Å². The molecule has 0 aliphatic heterocycles. The summed E-state index contributed by atoms with van der Waals surface area (Å²) in [6.07, 6.45) is 8.41. The Bertz CT molecular complexity index is 704. The van der Waals surface area contributed by atoms with E-state index in [-0.39, 0.29) is 5.91 Å². The van der Waals surface area contributed by atoms with Gasteiger partial charge in [0.05, 0.1) is 6.20 Å². The Labute approximate surface area is 135 Å². The molecule has 116 valence electrons. The van der Waals surface area contributed by atoms with Crippen LogP contribution in [0.3, 0.4) is 0 Å². The lowest BCUT2D eigenvalue weighted by atomic mass is 10.0. The minimum absolute atomic E-state index is 0.171. The van der Waals surface area contributed by atoms with Gasteiger partial charge in [-0.05, 0) is 36.1 Å². The Morgan fingerprint density at radius 3 is 2.73 bits per heavy atom. The standard InChI is InChI=1S/C17H20ClN3O/c1-4-13-7-8-15(18)14(5-2)17(13)20-16(22)9-6-12-10-19-21(3)11-12/h6-11H,4-5H2,1-3H3,(H,20,22). The van der Waals surface area contributed by atoms with Gasteiger partial charge in [0.15, 0.2) is 0 Å². The molecular weight excluding hydrogens is 298 g/mol. The van der Waals surface area contributed by atoms with Gasteiger partial charge in [0.25, 0.3) is 0 Å². The molecule has 1 aromatic carbocycles. The molecule has 5 heteroatoms. The molecule has 1 N–H and O–H groups in total. The highest BCUT2D eigenvalue weighted by Gasteiger charge is 2.11. The van der Waals surface area contributed by atoms with Gasteiger partial charge in [-0.25, -0.2) is 0 Å². The lowest BCUT2D eigenvalue weighted by Gasteiger charge is -2.15. The van der Waals surface area contributed by atoms with Crippen LogP contribution < -0.4 is 5.32 Å². The number of anilines is 1. The maximum atomic E-state index is 12.2. The molecule has 0 radical (unpaired) electrons. The van der Waals surface area contributed by atoms with Crippen molar-refractivity contribution in [3.8, 4) is 0 Å². The molecule has 0 aliphatic carbocycles. The zero-order valence-corrected chi connectivity index (χ0v) is 13.8. The van der Waals surface area contributed by atoms with Crippen molar-refractivity contribution in [2.24, 2.45) is 7.05 Å². The molecule has 0 unspecified atom stereocenters. The van der Waals surface area contributed by atoms with Crippen LogP contribution in [0.4, 0.5) is 5.69 Å². The smallest absolute Gasteiger partial charge is 0.248 e. The number of hydrogen-bond donors (Lipinski definition) is 1. The molecule has 0 saturated heterocycles. The molecule has 4 nitrogen and oxygen atoms in total. The van der Waals surface area contributed by atoms with Crippen LogP contribution in [-0.4, -0.2) is 15.7 Å². The molecule has 0 saturated carbocycles. The van der Waals surface area contributed by atoms with Crippen molar-refractivity contribution in [3.05, 3.63) is 52.3 Å². The van der Waals surface area contributed by atoms with E-state index >= 15 is 0 Å². The molecule has 0 atom stereocenters. The second kappa shape index (κ2) is 7.27. The third-order valence-electron chi connectivity index (χ3n) is 3.48. The first-order valence-corrected chi connectivity index (χ1v) is 7.70. The van der Waals surface area contributed by atoms with Gasteiger partial charge >= 0.3 is 0 Å². The third-order valence-corrected chi connectivity index (χ3v) is 3.83. The van der Waals surface area contributed by atoms with E-state index in [1.54, 1.807) is 17.0 Å². The van der Waals surface area contributed by atoms with Crippen LogP contribution in [-0.2, 0) is 24.7 Å². The average Bonchev–Trinajstić information content (AvgIpc) is 2.91. The van der Waals surface area contributed by atoms with Crippen LogP contribution in [0.1, 0.15) is 30.5 Å². The summed E-state index contributed by atoms with van der Waals surface area (Å²) >= 11 is 6.24. The number of carbonyl (C=O) groups is 1. The quantitative estimate of drug-likeness (QED) is 0.851. The fourth-order valence-corrected chi connectivity index (χ4v) is 2.62. The van der Waals surface area contributed by atoms with E-state index < -0.39 is 0 Å². The van der Waals surface area contributed by atoms with E-state index in [0.717, 1.165) is 35.2 Å². The molecule has 0 fully saturated rings. The molecule has 0 aliphatic rings. The van der Waals surface area contributed by atoms with Crippen molar-refractivity contribution in [1.82, 2.24) is 9.78 Å². The molecule has 22 heavy (non-hydrogen) atoms. The van der Waals surface area contributed by atoms with Crippen LogP contribution in [0.2, 0.25) is 5.02 Å². The summed E-state index contributed by atoms with van der Waals surface area (Å²) in [5, 5.41) is 7.71. The Kier molecular flexibility index (Phi) is 5.39. The lowest BCUT2D eigenvalue weighted by molar-refractivity contribution is -0.111. The van der Waals surface area contributed by atoms with Crippen LogP contribution >= 0.6 is 11.6 Å². The number of amides is 1. The minimum atomic E-state index is -0.171. The van der Waals surface area contributed by atoms with Crippen LogP contribution in [0, 0.1) is 0 Å². The van der Waals surface area contributed by atoms with Gasteiger partial charge < -0.3 is 5.32 Å². The first kappa shape index (κ1) is 16.3. The third kappa shape index (κ3) is 3.77. The number of nitrogens with one attached hydrogen (secondary N) is 1. The van der Waals surface area contributed by atoms with Crippen molar-refractivity contribution < 1.29 is 4.79 Å². The number of aromatic nitrogens is 2. The summed E-state index contributed by atoms with van der Waals surface area (Å²) in [5.41, 5.74) is 3.78. The normalized spacial score (nSPS) is 11.1. The van der Waals surface area contributed by atoms with E-state index in [4.69, 9.17) is 11.6 Å². The number of aryl methyl sites for hydroxylation is 2. The van der Waals surface area contributed by atoms with E-state index in [0.29, 0.717) is 5.02 Å². The summed E-state index contributed by atoms with van der Waals surface area (Å²) < 4.78 is 1.69. The molecular formula is C17H20ClN3O. The second-order valence-electron chi connectivity index (χ2n) is 5.04. The minimum Gasteiger partial charge on any atom is -0.322 e. The fourth-order valence-electron chi connectivity index (χ4n) is 2.33. The van der Waals surface area contributed by atoms with Crippen molar-refractivity contribution >= 4 is 29.3 Å². The van der Waals surface area contributed by atoms with Gasteiger partial charge in [-0.3, -0.25) is 9.48 Å². The highest BCUT2D eigenvalue weighted by atomic mass is 35.5. The Morgan fingerprint density at radius 1 is 1.36 bits per heavy atom. The Hall–Kier alpha value is -2.07. The monoisotopic (exact) mass is 317 g/mol. The van der Waals surface area contributed by atoms with Gasteiger partial charge in [0.2, 0.25) is 5.91 Å². The van der Waals surface area contributed by atoms with E-state index in [1.165, 1.54) is 6.08 Å². The summed E-state index contributed by atoms with van der Waals surface area (Å²) in [6, 6.07) is 3.85. The first-order chi connectivity index (χ1) is 10.5.